The minimum Gasteiger partial charge on any atom is -0.423 e. The fourth-order valence-corrected chi connectivity index (χ4v) is 0.944. The van der Waals surface area contributed by atoms with E-state index in [1.54, 1.807) is 6.92 Å². The smallest absolute Gasteiger partial charge is 0.305 e. The predicted molar refractivity (Wildman–Crippen MR) is 50.6 cm³/mol. The first-order valence-corrected chi connectivity index (χ1v) is 4.44. The molecule has 15 heavy (non-hydrogen) atoms. The standard InChI is InChI=1S/C9H15NO5/c1-5(10-6(2)11)9(14-7(3)12)15-8(4)13/h5,9H,1-4H3,(H,10,11)/t5-/m1/s1. The largest absolute Gasteiger partial charge is 0.423 e. The average Bonchev–Trinajstić information content (AvgIpc) is 1.99. The first-order valence-electron chi connectivity index (χ1n) is 4.44. The number of carbonyl (C=O) groups is 3. The number of carbonyl (C=O) groups excluding carboxylic acids is 3. The van der Waals surface area contributed by atoms with Crippen LogP contribution in [0, 0.1) is 0 Å². The second kappa shape index (κ2) is 6.00. The molecule has 0 aromatic carbocycles. The van der Waals surface area contributed by atoms with Crippen LogP contribution in [0.15, 0.2) is 0 Å². The van der Waals surface area contributed by atoms with Gasteiger partial charge in [0, 0.05) is 20.8 Å². The van der Waals surface area contributed by atoms with Crippen molar-refractivity contribution in [3.8, 4) is 0 Å². The highest BCUT2D eigenvalue weighted by molar-refractivity contribution is 5.73. The molecule has 6 heteroatoms. The molecule has 0 saturated carbocycles. The van der Waals surface area contributed by atoms with Crippen LogP contribution >= 0.6 is 0 Å². The van der Waals surface area contributed by atoms with Crippen LogP contribution in [0.5, 0.6) is 0 Å². The number of hydrogen-bond donors (Lipinski definition) is 1. The maximum atomic E-state index is 10.7. The Kier molecular flexibility index (Phi) is 5.36. The van der Waals surface area contributed by atoms with Gasteiger partial charge in [0.1, 0.15) is 6.04 Å². The first kappa shape index (κ1) is 13.4. The van der Waals surface area contributed by atoms with Crippen LogP contribution in [0.2, 0.25) is 0 Å². The summed E-state index contributed by atoms with van der Waals surface area (Å²) in [4.78, 5) is 32.1. The minimum atomic E-state index is -1.09. The minimum absolute atomic E-state index is 0.299. The van der Waals surface area contributed by atoms with Gasteiger partial charge in [-0.05, 0) is 6.92 Å². The maximum Gasteiger partial charge on any atom is 0.305 e. The van der Waals surface area contributed by atoms with Crippen molar-refractivity contribution in [3.63, 3.8) is 0 Å². The van der Waals surface area contributed by atoms with E-state index in [1.165, 1.54) is 20.8 Å². The van der Waals surface area contributed by atoms with Gasteiger partial charge in [-0.3, -0.25) is 14.4 Å². The highest BCUT2D eigenvalue weighted by atomic mass is 16.7. The number of ether oxygens (including phenoxy) is 2. The predicted octanol–water partition coefficient (Wildman–Crippen LogP) is -0.0367. The van der Waals surface area contributed by atoms with E-state index in [4.69, 9.17) is 9.47 Å². The lowest BCUT2D eigenvalue weighted by atomic mass is 10.3. The Morgan fingerprint density at radius 3 is 1.67 bits per heavy atom. The molecule has 0 aromatic heterocycles. The van der Waals surface area contributed by atoms with Gasteiger partial charge >= 0.3 is 11.9 Å². The highest BCUT2D eigenvalue weighted by Gasteiger charge is 2.23. The summed E-state index contributed by atoms with van der Waals surface area (Å²) in [6.45, 7) is 5.26. The van der Waals surface area contributed by atoms with E-state index < -0.39 is 24.3 Å². The van der Waals surface area contributed by atoms with Crippen LogP contribution in [0.4, 0.5) is 0 Å². The topological polar surface area (TPSA) is 81.7 Å². The van der Waals surface area contributed by atoms with Gasteiger partial charge in [0.05, 0.1) is 0 Å². The summed E-state index contributed by atoms with van der Waals surface area (Å²) >= 11 is 0. The van der Waals surface area contributed by atoms with Crippen LogP contribution in [0.1, 0.15) is 27.7 Å². The van der Waals surface area contributed by atoms with Crippen molar-refractivity contribution >= 4 is 17.8 Å². The van der Waals surface area contributed by atoms with E-state index in [9.17, 15) is 14.4 Å². The van der Waals surface area contributed by atoms with Gasteiger partial charge in [-0.15, -0.1) is 0 Å². The van der Waals surface area contributed by atoms with Gasteiger partial charge in [-0.2, -0.15) is 0 Å². The average molecular weight is 217 g/mol. The van der Waals surface area contributed by atoms with Crippen molar-refractivity contribution in [3.05, 3.63) is 0 Å². The summed E-state index contributed by atoms with van der Waals surface area (Å²) < 4.78 is 9.45. The van der Waals surface area contributed by atoms with Crippen LogP contribution in [-0.2, 0) is 23.9 Å². The van der Waals surface area contributed by atoms with E-state index in [1.807, 2.05) is 0 Å². The van der Waals surface area contributed by atoms with Crippen molar-refractivity contribution in [1.29, 1.82) is 0 Å². The number of esters is 2. The summed E-state index contributed by atoms with van der Waals surface area (Å²) in [5.74, 6) is -1.47. The Labute approximate surface area is 87.9 Å². The first-order chi connectivity index (χ1) is 6.82. The lowest BCUT2D eigenvalue weighted by Crippen LogP contribution is -2.44. The molecule has 0 unspecified atom stereocenters. The van der Waals surface area contributed by atoms with Crippen molar-refractivity contribution in [1.82, 2.24) is 5.32 Å². The van der Waals surface area contributed by atoms with Crippen LogP contribution in [-0.4, -0.2) is 30.2 Å². The molecule has 0 spiro atoms. The second-order valence-electron chi connectivity index (χ2n) is 3.08. The number of rotatable bonds is 4. The Morgan fingerprint density at radius 2 is 1.40 bits per heavy atom. The van der Waals surface area contributed by atoms with E-state index >= 15 is 0 Å². The van der Waals surface area contributed by atoms with Gasteiger partial charge in [0.25, 0.3) is 6.29 Å². The van der Waals surface area contributed by atoms with Crippen LogP contribution in [0.25, 0.3) is 0 Å². The molecule has 1 atom stereocenters. The molecule has 1 N–H and O–H groups in total. The van der Waals surface area contributed by atoms with Crippen molar-refractivity contribution in [2.45, 2.75) is 40.0 Å². The molecule has 0 fully saturated rings. The summed E-state index contributed by atoms with van der Waals surface area (Å²) in [7, 11) is 0. The molecule has 1 amide bonds. The summed E-state index contributed by atoms with van der Waals surface area (Å²) in [6, 6.07) is -0.588. The highest BCUT2D eigenvalue weighted by Crippen LogP contribution is 2.03. The monoisotopic (exact) mass is 217 g/mol. The SMILES string of the molecule is CC(=O)N[C@H](C)C(OC(C)=O)OC(C)=O. The molecule has 0 saturated heterocycles. The Bertz CT molecular complexity index is 247. The van der Waals surface area contributed by atoms with E-state index in [0.29, 0.717) is 0 Å². The number of hydrogen-bond acceptors (Lipinski definition) is 5. The fourth-order valence-electron chi connectivity index (χ4n) is 0.944. The van der Waals surface area contributed by atoms with Crippen molar-refractivity contribution < 1.29 is 23.9 Å². The quantitative estimate of drug-likeness (QED) is 0.528. The third-order valence-corrected chi connectivity index (χ3v) is 1.40. The molecule has 0 radical (unpaired) electrons. The third-order valence-electron chi connectivity index (χ3n) is 1.40. The lowest BCUT2D eigenvalue weighted by Gasteiger charge is -2.23. The number of nitrogens with one attached hydrogen (secondary N) is 1. The lowest BCUT2D eigenvalue weighted by molar-refractivity contribution is -0.190. The maximum absolute atomic E-state index is 10.7. The Balaban J connectivity index is 4.38. The summed E-state index contributed by atoms with van der Waals surface area (Å²) in [6.07, 6.45) is -1.09. The molecular weight excluding hydrogens is 202 g/mol. The molecule has 6 nitrogen and oxygen atoms in total. The molecular formula is C9H15NO5. The molecule has 0 aliphatic carbocycles. The zero-order valence-corrected chi connectivity index (χ0v) is 9.20. The Hall–Kier alpha value is -1.59. The molecule has 0 bridgehead atoms. The van der Waals surface area contributed by atoms with Crippen LogP contribution in [0.3, 0.4) is 0 Å². The van der Waals surface area contributed by atoms with Crippen molar-refractivity contribution in [2.75, 3.05) is 0 Å². The Morgan fingerprint density at radius 1 is 1.00 bits per heavy atom. The van der Waals surface area contributed by atoms with Crippen molar-refractivity contribution in [2.24, 2.45) is 0 Å². The fraction of sp³-hybridized carbons (Fsp3) is 0.667. The summed E-state index contributed by atoms with van der Waals surface area (Å²) in [5.41, 5.74) is 0. The van der Waals surface area contributed by atoms with Gasteiger partial charge in [-0.25, -0.2) is 0 Å². The van der Waals surface area contributed by atoms with Crippen LogP contribution < -0.4 is 5.32 Å². The molecule has 0 heterocycles. The van der Waals surface area contributed by atoms with Gasteiger partial charge in [-0.1, -0.05) is 0 Å². The normalized spacial score (nSPS) is 11.8. The molecule has 0 rings (SSSR count). The zero-order valence-electron chi connectivity index (χ0n) is 9.20. The van der Waals surface area contributed by atoms with Gasteiger partial charge in [0.15, 0.2) is 0 Å². The zero-order chi connectivity index (χ0) is 12.0. The molecule has 0 aliphatic rings. The molecule has 86 valence electrons. The van der Waals surface area contributed by atoms with E-state index in [-0.39, 0.29) is 5.91 Å². The van der Waals surface area contributed by atoms with E-state index in [0.717, 1.165) is 0 Å². The van der Waals surface area contributed by atoms with Gasteiger partial charge in [0.2, 0.25) is 5.91 Å². The number of amides is 1. The third kappa shape index (κ3) is 6.48. The molecule has 0 aliphatic heterocycles. The molecule has 0 aromatic rings. The second-order valence-corrected chi connectivity index (χ2v) is 3.08. The van der Waals surface area contributed by atoms with E-state index in [2.05, 4.69) is 5.32 Å². The van der Waals surface area contributed by atoms with Gasteiger partial charge < -0.3 is 14.8 Å². The summed E-state index contributed by atoms with van der Waals surface area (Å²) in [5, 5.41) is 2.46.